The molecule has 0 aromatic rings. The van der Waals surface area contributed by atoms with Gasteiger partial charge in [0.25, 0.3) is 0 Å². The first-order valence-corrected chi connectivity index (χ1v) is 7.50. The molecule has 0 bridgehead atoms. The lowest BCUT2D eigenvalue weighted by molar-refractivity contribution is -0.127. The van der Waals surface area contributed by atoms with Crippen LogP contribution in [0.1, 0.15) is 47.5 Å². The van der Waals surface area contributed by atoms with Crippen molar-refractivity contribution in [3.05, 3.63) is 0 Å². The summed E-state index contributed by atoms with van der Waals surface area (Å²) < 4.78 is 0. The van der Waals surface area contributed by atoms with Crippen molar-refractivity contribution in [2.45, 2.75) is 59.5 Å². The second-order valence-electron chi connectivity index (χ2n) is 6.29. The Bertz CT molecular complexity index is 303. The fourth-order valence-electron chi connectivity index (χ4n) is 2.21. The number of hydrogen-bond donors (Lipinski definition) is 3. The van der Waals surface area contributed by atoms with Gasteiger partial charge in [0, 0.05) is 6.04 Å². The maximum absolute atomic E-state index is 11.9. The average Bonchev–Trinajstić information content (AvgIpc) is 2.31. The molecule has 0 aromatic heterocycles. The number of rotatable bonds is 9. The minimum absolute atomic E-state index is 0.0392. The fraction of sp³-hybridized carbons (Fsp3) is 0.867. The number of likely N-dealkylation sites (N-methyl/N-ethyl adjacent to an activating group) is 1. The SMILES string of the molecule is CN[C@@H](CC(C)C)C(=O)NCC(=O)N[C@H](C)CC(C)C. The second kappa shape index (κ2) is 9.75. The third-order valence-corrected chi connectivity index (χ3v) is 3.03. The van der Waals surface area contributed by atoms with Crippen molar-refractivity contribution in [3.63, 3.8) is 0 Å². The van der Waals surface area contributed by atoms with Crippen LogP contribution in [-0.4, -0.2) is 37.5 Å². The lowest BCUT2D eigenvalue weighted by atomic mass is 10.0. The van der Waals surface area contributed by atoms with Crippen molar-refractivity contribution >= 4 is 11.8 Å². The highest BCUT2D eigenvalue weighted by Crippen LogP contribution is 2.04. The van der Waals surface area contributed by atoms with Crippen LogP contribution in [0.2, 0.25) is 0 Å². The van der Waals surface area contributed by atoms with Gasteiger partial charge < -0.3 is 16.0 Å². The third kappa shape index (κ3) is 8.91. The van der Waals surface area contributed by atoms with E-state index in [1.807, 2.05) is 6.92 Å². The first kappa shape index (κ1) is 18.9. The van der Waals surface area contributed by atoms with Crippen LogP contribution in [0.15, 0.2) is 0 Å². The summed E-state index contributed by atoms with van der Waals surface area (Å²) in [4.78, 5) is 23.7. The molecule has 0 aliphatic heterocycles. The topological polar surface area (TPSA) is 70.2 Å². The molecule has 0 aliphatic carbocycles. The lowest BCUT2D eigenvalue weighted by Crippen LogP contribution is -2.47. The third-order valence-electron chi connectivity index (χ3n) is 3.03. The summed E-state index contributed by atoms with van der Waals surface area (Å²) in [5.41, 5.74) is 0. The Kier molecular flexibility index (Phi) is 9.21. The Morgan fingerprint density at radius 2 is 1.50 bits per heavy atom. The fourth-order valence-corrected chi connectivity index (χ4v) is 2.21. The van der Waals surface area contributed by atoms with E-state index in [-0.39, 0.29) is 30.4 Å². The summed E-state index contributed by atoms with van der Waals surface area (Å²) in [6, 6.07) is -0.106. The zero-order valence-electron chi connectivity index (χ0n) is 13.7. The van der Waals surface area contributed by atoms with Gasteiger partial charge in [-0.05, 0) is 38.6 Å². The highest BCUT2D eigenvalue weighted by molar-refractivity contribution is 5.87. The summed E-state index contributed by atoms with van der Waals surface area (Å²) in [7, 11) is 1.76. The van der Waals surface area contributed by atoms with Crippen LogP contribution in [-0.2, 0) is 9.59 Å². The van der Waals surface area contributed by atoms with Crippen molar-refractivity contribution in [1.82, 2.24) is 16.0 Å². The zero-order valence-corrected chi connectivity index (χ0v) is 13.7. The Morgan fingerprint density at radius 3 is 1.95 bits per heavy atom. The van der Waals surface area contributed by atoms with E-state index >= 15 is 0 Å². The summed E-state index contributed by atoms with van der Waals surface area (Å²) in [5.74, 6) is 0.719. The Balaban J connectivity index is 4.07. The predicted octanol–water partition coefficient (Wildman–Crippen LogP) is 1.29. The smallest absolute Gasteiger partial charge is 0.239 e. The molecule has 0 heterocycles. The molecule has 0 aromatic carbocycles. The lowest BCUT2D eigenvalue weighted by Gasteiger charge is -2.19. The van der Waals surface area contributed by atoms with Gasteiger partial charge >= 0.3 is 0 Å². The summed E-state index contributed by atoms with van der Waals surface area (Å²) in [6.07, 6.45) is 1.69. The molecule has 0 unspecified atom stereocenters. The van der Waals surface area contributed by atoms with E-state index in [0.717, 1.165) is 12.8 Å². The molecule has 0 spiro atoms. The zero-order chi connectivity index (χ0) is 15.7. The molecule has 0 fully saturated rings. The van der Waals surface area contributed by atoms with Crippen LogP contribution in [0.3, 0.4) is 0 Å². The first-order valence-electron chi connectivity index (χ1n) is 7.50. The van der Waals surface area contributed by atoms with Crippen LogP contribution >= 0.6 is 0 Å². The van der Waals surface area contributed by atoms with Crippen LogP contribution in [0.25, 0.3) is 0 Å². The number of carbonyl (C=O) groups excluding carboxylic acids is 2. The Morgan fingerprint density at radius 1 is 0.950 bits per heavy atom. The Labute approximate surface area is 123 Å². The van der Waals surface area contributed by atoms with E-state index in [4.69, 9.17) is 0 Å². The average molecular weight is 285 g/mol. The molecule has 118 valence electrons. The van der Waals surface area contributed by atoms with E-state index in [1.54, 1.807) is 7.05 Å². The number of hydrogen-bond acceptors (Lipinski definition) is 3. The molecule has 0 radical (unpaired) electrons. The molecule has 3 N–H and O–H groups in total. The van der Waals surface area contributed by atoms with Gasteiger partial charge in [0.2, 0.25) is 11.8 Å². The summed E-state index contributed by atoms with van der Waals surface area (Å²) in [5, 5.41) is 8.55. The van der Waals surface area contributed by atoms with Gasteiger partial charge in [0.05, 0.1) is 12.6 Å². The molecule has 5 nitrogen and oxygen atoms in total. The molecule has 0 saturated carbocycles. The molecule has 2 amide bonds. The minimum Gasteiger partial charge on any atom is -0.352 e. The summed E-state index contributed by atoms with van der Waals surface area (Å²) >= 11 is 0. The number of nitrogens with one attached hydrogen (secondary N) is 3. The van der Waals surface area contributed by atoms with Crippen molar-refractivity contribution in [1.29, 1.82) is 0 Å². The van der Waals surface area contributed by atoms with Crippen molar-refractivity contribution in [3.8, 4) is 0 Å². The molecule has 20 heavy (non-hydrogen) atoms. The monoisotopic (exact) mass is 285 g/mol. The van der Waals surface area contributed by atoms with Crippen LogP contribution in [0.4, 0.5) is 0 Å². The minimum atomic E-state index is -0.240. The van der Waals surface area contributed by atoms with Gasteiger partial charge in [0.15, 0.2) is 0 Å². The van der Waals surface area contributed by atoms with E-state index < -0.39 is 0 Å². The van der Waals surface area contributed by atoms with Gasteiger partial charge in [-0.2, -0.15) is 0 Å². The molecule has 0 rings (SSSR count). The molecule has 0 saturated heterocycles. The number of carbonyl (C=O) groups is 2. The molecule has 2 atom stereocenters. The van der Waals surface area contributed by atoms with Gasteiger partial charge in [-0.15, -0.1) is 0 Å². The first-order chi connectivity index (χ1) is 9.26. The van der Waals surface area contributed by atoms with E-state index in [1.165, 1.54) is 0 Å². The molecular weight excluding hydrogens is 254 g/mol. The van der Waals surface area contributed by atoms with E-state index in [2.05, 4.69) is 43.6 Å². The van der Waals surface area contributed by atoms with Crippen molar-refractivity contribution < 1.29 is 9.59 Å². The van der Waals surface area contributed by atoms with E-state index in [0.29, 0.717) is 11.8 Å². The van der Waals surface area contributed by atoms with Gasteiger partial charge in [-0.1, -0.05) is 27.7 Å². The quantitative estimate of drug-likeness (QED) is 0.598. The largest absolute Gasteiger partial charge is 0.352 e. The van der Waals surface area contributed by atoms with Gasteiger partial charge in [-0.3, -0.25) is 9.59 Å². The number of amides is 2. The maximum Gasteiger partial charge on any atom is 0.239 e. The van der Waals surface area contributed by atoms with Crippen LogP contribution in [0, 0.1) is 11.8 Å². The van der Waals surface area contributed by atoms with Crippen LogP contribution in [0.5, 0.6) is 0 Å². The van der Waals surface area contributed by atoms with Gasteiger partial charge in [-0.25, -0.2) is 0 Å². The molecular formula is C15H31N3O2. The molecule has 5 heteroatoms. The summed E-state index contributed by atoms with van der Waals surface area (Å²) in [6.45, 7) is 10.4. The standard InChI is InChI=1S/C15H31N3O2/c1-10(2)7-12(5)18-14(19)9-17-15(20)13(16-6)8-11(3)4/h10-13,16H,7-9H2,1-6H3,(H,17,20)(H,18,19)/t12-,13+/m1/s1. The maximum atomic E-state index is 11.9. The highest BCUT2D eigenvalue weighted by atomic mass is 16.2. The van der Waals surface area contributed by atoms with Crippen LogP contribution < -0.4 is 16.0 Å². The van der Waals surface area contributed by atoms with Crippen molar-refractivity contribution in [2.24, 2.45) is 11.8 Å². The van der Waals surface area contributed by atoms with E-state index in [9.17, 15) is 9.59 Å². The predicted molar refractivity (Wildman–Crippen MR) is 82.4 cm³/mol. The molecule has 0 aliphatic rings. The van der Waals surface area contributed by atoms with Crippen molar-refractivity contribution in [2.75, 3.05) is 13.6 Å². The second-order valence-corrected chi connectivity index (χ2v) is 6.29. The Hall–Kier alpha value is -1.10. The highest BCUT2D eigenvalue weighted by Gasteiger charge is 2.18. The van der Waals surface area contributed by atoms with Gasteiger partial charge in [0.1, 0.15) is 0 Å². The normalized spacial score (nSPS) is 14.2.